The lowest BCUT2D eigenvalue weighted by Crippen LogP contribution is -2.69. The van der Waals surface area contributed by atoms with Gasteiger partial charge in [-0.1, -0.05) is 46.2 Å². The van der Waals surface area contributed by atoms with E-state index in [9.17, 15) is 0 Å². The first-order valence-electron chi connectivity index (χ1n) is 13.7. The summed E-state index contributed by atoms with van der Waals surface area (Å²) in [4.78, 5) is 6.61. The van der Waals surface area contributed by atoms with E-state index in [0.29, 0.717) is 13.2 Å². The van der Waals surface area contributed by atoms with E-state index in [0.717, 1.165) is 70.5 Å². The predicted octanol–water partition coefficient (Wildman–Crippen LogP) is 5.92. The molecule has 0 aromatic heterocycles. The average Bonchev–Trinajstić information content (AvgIpc) is 3.66. The van der Waals surface area contributed by atoms with Crippen molar-refractivity contribution in [1.82, 2.24) is 5.06 Å². The van der Waals surface area contributed by atoms with Gasteiger partial charge in [0.15, 0.2) is 5.79 Å². The van der Waals surface area contributed by atoms with E-state index in [1.807, 2.05) is 12.1 Å². The molecule has 0 radical (unpaired) electrons. The van der Waals surface area contributed by atoms with Gasteiger partial charge in [0, 0.05) is 23.8 Å². The highest BCUT2D eigenvalue weighted by Gasteiger charge is 2.59. The van der Waals surface area contributed by atoms with Gasteiger partial charge in [-0.3, -0.25) is 4.84 Å². The molecule has 0 bridgehead atoms. The number of epoxide rings is 1. The van der Waals surface area contributed by atoms with Crippen LogP contribution in [0.3, 0.4) is 0 Å². The van der Waals surface area contributed by atoms with Gasteiger partial charge in [0.25, 0.3) is 0 Å². The smallest absolute Gasteiger partial charge is 0.172 e. The molecule has 0 amide bonds. The van der Waals surface area contributed by atoms with Crippen LogP contribution in [-0.4, -0.2) is 61.1 Å². The zero-order valence-electron chi connectivity index (χ0n) is 22.9. The van der Waals surface area contributed by atoms with Gasteiger partial charge in [-0.05, 0) is 57.2 Å². The topological polar surface area (TPSA) is 52.7 Å². The lowest BCUT2D eigenvalue weighted by molar-refractivity contribution is -0.387. The summed E-state index contributed by atoms with van der Waals surface area (Å²) in [7, 11) is 0. The number of hydrogen-bond acceptors (Lipinski definition) is 6. The van der Waals surface area contributed by atoms with Gasteiger partial charge >= 0.3 is 0 Å². The van der Waals surface area contributed by atoms with Crippen LogP contribution in [0, 0.1) is 5.41 Å². The Balaban J connectivity index is 1.38. The molecule has 6 heteroatoms. The Labute approximate surface area is 212 Å². The van der Waals surface area contributed by atoms with E-state index in [-0.39, 0.29) is 22.6 Å². The molecule has 3 heterocycles. The summed E-state index contributed by atoms with van der Waals surface area (Å²) in [6, 6.07) is 8.34. The minimum Gasteiger partial charge on any atom is -0.491 e. The normalized spacial score (nSPS) is 32.0. The third kappa shape index (κ3) is 6.22. The van der Waals surface area contributed by atoms with E-state index >= 15 is 0 Å². The summed E-state index contributed by atoms with van der Waals surface area (Å²) >= 11 is 0. The highest BCUT2D eigenvalue weighted by Crippen LogP contribution is 2.51. The van der Waals surface area contributed by atoms with Crippen molar-refractivity contribution in [3.63, 3.8) is 0 Å². The molecule has 1 aromatic rings. The Morgan fingerprint density at radius 3 is 2.20 bits per heavy atom. The largest absolute Gasteiger partial charge is 0.491 e. The second kappa shape index (κ2) is 10.7. The lowest BCUT2D eigenvalue weighted by Gasteiger charge is -2.61. The molecule has 3 aliphatic rings. The highest BCUT2D eigenvalue weighted by atomic mass is 16.7. The van der Waals surface area contributed by atoms with E-state index in [1.165, 1.54) is 5.56 Å². The maximum absolute atomic E-state index is 6.62. The van der Waals surface area contributed by atoms with Crippen LogP contribution in [0.15, 0.2) is 24.3 Å². The first-order valence-corrected chi connectivity index (χ1v) is 13.7. The van der Waals surface area contributed by atoms with Crippen molar-refractivity contribution < 1.29 is 23.8 Å². The van der Waals surface area contributed by atoms with E-state index in [1.54, 1.807) is 0 Å². The highest BCUT2D eigenvalue weighted by molar-refractivity contribution is 5.27. The molecule has 3 saturated heterocycles. The Morgan fingerprint density at radius 2 is 1.63 bits per heavy atom. The van der Waals surface area contributed by atoms with Crippen LogP contribution >= 0.6 is 0 Å². The van der Waals surface area contributed by atoms with Gasteiger partial charge in [-0.15, -0.1) is 0 Å². The fourth-order valence-electron chi connectivity index (χ4n) is 6.11. The van der Waals surface area contributed by atoms with Gasteiger partial charge in [-0.2, -0.15) is 5.06 Å². The number of nitrogens with zero attached hydrogens (tertiary/aromatic N) is 1. The molecular weight excluding hydrogens is 442 g/mol. The minimum absolute atomic E-state index is 0.116. The predicted molar refractivity (Wildman–Crippen MR) is 137 cm³/mol. The summed E-state index contributed by atoms with van der Waals surface area (Å²) in [6.07, 6.45) is 7.05. The summed E-state index contributed by atoms with van der Waals surface area (Å²) in [5, 5.41) is 2.30. The van der Waals surface area contributed by atoms with Crippen LogP contribution in [0.1, 0.15) is 85.6 Å². The molecule has 1 aromatic carbocycles. The van der Waals surface area contributed by atoms with Crippen molar-refractivity contribution in [2.75, 3.05) is 33.0 Å². The van der Waals surface area contributed by atoms with E-state index < -0.39 is 5.79 Å². The fourth-order valence-corrected chi connectivity index (χ4v) is 6.11. The van der Waals surface area contributed by atoms with Crippen molar-refractivity contribution in [3.05, 3.63) is 29.8 Å². The van der Waals surface area contributed by atoms with Crippen molar-refractivity contribution in [2.45, 2.75) is 109 Å². The minimum atomic E-state index is -0.524. The number of rotatable bonds is 11. The maximum Gasteiger partial charge on any atom is 0.172 e. The summed E-state index contributed by atoms with van der Waals surface area (Å²) in [5.74, 6) is 0.371. The molecule has 0 N–H and O–H groups in total. The number of piperidine rings is 1. The zero-order valence-corrected chi connectivity index (χ0v) is 22.9. The van der Waals surface area contributed by atoms with Crippen LogP contribution in [0.4, 0.5) is 0 Å². The molecule has 198 valence electrons. The number of ether oxygens (including phenoxy) is 4. The van der Waals surface area contributed by atoms with Gasteiger partial charge in [0.2, 0.25) is 0 Å². The van der Waals surface area contributed by atoms with Crippen LogP contribution in [0.25, 0.3) is 0 Å². The SMILES string of the molecule is CCCC1(C)COC2(CC(C)(C)N(OCCc3ccc(OCC4CO4)cc3)C(CC)(CC)C2)OC1. The maximum atomic E-state index is 6.62. The molecule has 0 aliphatic carbocycles. The average molecular weight is 490 g/mol. The standard InChI is InChI=1S/C29H47NO5/c1-7-15-27(6)21-33-29(34-22-27)19-26(4,5)30(28(8-2,9-3)20-29)35-16-14-23-10-12-24(13-11-23)31-17-25-18-32-25/h10-13,25H,7-9,14-22H2,1-6H3. The molecule has 3 fully saturated rings. The third-order valence-electron chi connectivity index (χ3n) is 8.19. The Hall–Kier alpha value is -1.18. The number of hydrogen-bond donors (Lipinski definition) is 0. The second-order valence-corrected chi connectivity index (χ2v) is 11.9. The lowest BCUT2D eigenvalue weighted by atomic mass is 9.72. The molecule has 1 atom stereocenters. The Morgan fingerprint density at radius 1 is 0.971 bits per heavy atom. The summed E-state index contributed by atoms with van der Waals surface area (Å²) < 4.78 is 24.2. The fraction of sp³-hybridized carbons (Fsp3) is 0.793. The van der Waals surface area contributed by atoms with Gasteiger partial charge in [-0.25, -0.2) is 0 Å². The van der Waals surface area contributed by atoms with E-state index in [4.69, 9.17) is 23.8 Å². The van der Waals surface area contributed by atoms with Crippen LogP contribution in [0.2, 0.25) is 0 Å². The van der Waals surface area contributed by atoms with Crippen molar-refractivity contribution >= 4 is 0 Å². The number of hydroxylamine groups is 2. The van der Waals surface area contributed by atoms with Crippen LogP contribution in [0.5, 0.6) is 5.75 Å². The summed E-state index contributed by atoms with van der Waals surface area (Å²) in [5.41, 5.74) is 1.04. The molecule has 1 unspecified atom stereocenters. The van der Waals surface area contributed by atoms with Crippen LogP contribution in [-0.2, 0) is 25.5 Å². The molecule has 6 nitrogen and oxygen atoms in total. The molecule has 35 heavy (non-hydrogen) atoms. The van der Waals surface area contributed by atoms with Gasteiger partial charge in [0.1, 0.15) is 18.5 Å². The first-order chi connectivity index (χ1) is 16.7. The molecular formula is C29H47NO5. The van der Waals surface area contributed by atoms with E-state index in [2.05, 4.69) is 58.7 Å². The van der Waals surface area contributed by atoms with Crippen molar-refractivity contribution in [2.24, 2.45) is 5.41 Å². The molecule has 0 saturated carbocycles. The summed E-state index contributed by atoms with van der Waals surface area (Å²) in [6.45, 7) is 17.3. The third-order valence-corrected chi connectivity index (χ3v) is 8.19. The quantitative estimate of drug-likeness (QED) is 0.360. The molecule has 3 aliphatic heterocycles. The first kappa shape index (κ1) is 26.9. The van der Waals surface area contributed by atoms with Gasteiger partial charge in [0.05, 0.1) is 32.0 Å². The number of benzene rings is 1. The zero-order chi connectivity index (χ0) is 25.2. The van der Waals surface area contributed by atoms with Crippen LogP contribution < -0.4 is 4.74 Å². The van der Waals surface area contributed by atoms with Gasteiger partial charge < -0.3 is 18.9 Å². The Kier molecular flexibility index (Phi) is 8.19. The van der Waals surface area contributed by atoms with Crippen molar-refractivity contribution in [1.29, 1.82) is 0 Å². The van der Waals surface area contributed by atoms with Crippen molar-refractivity contribution in [3.8, 4) is 5.75 Å². The second-order valence-electron chi connectivity index (χ2n) is 11.9. The monoisotopic (exact) mass is 489 g/mol. The Bertz CT molecular complexity index is 807. The molecule has 4 rings (SSSR count). The molecule has 1 spiro atoms.